The molecule has 3 aromatic carbocycles. The second-order valence-electron chi connectivity index (χ2n) is 7.58. The summed E-state index contributed by atoms with van der Waals surface area (Å²) in [7, 11) is 0. The molecule has 0 radical (unpaired) electrons. The number of benzene rings is 3. The Morgan fingerprint density at radius 2 is 1.80 bits per heavy atom. The van der Waals surface area contributed by atoms with Crippen molar-refractivity contribution < 1.29 is 13.6 Å². The maximum Gasteiger partial charge on any atom is 0.345 e. The highest BCUT2D eigenvalue weighted by Crippen LogP contribution is 2.28. The highest BCUT2D eigenvalue weighted by Gasteiger charge is 2.17. The van der Waals surface area contributed by atoms with E-state index in [1.54, 1.807) is 41.1 Å². The summed E-state index contributed by atoms with van der Waals surface area (Å²) in [5.74, 6) is -0.611. The van der Waals surface area contributed by atoms with Crippen LogP contribution in [0.15, 0.2) is 99.4 Å². The zero-order valence-electron chi connectivity index (χ0n) is 18.1. The van der Waals surface area contributed by atoms with Gasteiger partial charge in [0.25, 0.3) is 0 Å². The predicted molar refractivity (Wildman–Crippen MR) is 136 cm³/mol. The molecule has 0 atom stereocenters. The number of amides is 1. The quantitative estimate of drug-likeness (QED) is 0.220. The van der Waals surface area contributed by atoms with Crippen molar-refractivity contribution in [2.75, 3.05) is 11.1 Å². The van der Waals surface area contributed by atoms with E-state index in [2.05, 4.69) is 10.3 Å². The summed E-state index contributed by atoms with van der Waals surface area (Å²) in [4.78, 5) is 29.8. The van der Waals surface area contributed by atoms with Crippen molar-refractivity contribution >= 4 is 45.9 Å². The summed E-state index contributed by atoms with van der Waals surface area (Å²) in [5.41, 5.74) is 1.97. The molecule has 0 aliphatic carbocycles. The van der Waals surface area contributed by atoms with Crippen molar-refractivity contribution in [3.8, 4) is 16.9 Å². The minimum absolute atomic E-state index is 0.0494. The Balaban J connectivity index is 1.47. The molecule has 2 heterocycles. The van der Waals surface area contributed by atoms with Gasteiger partial charge < -0.3 is 9.73 Å². The standard InChI is InChI=1S/C26H17ClFN3O3S/c27-17-5-11-20(12-6-17)31-14-22(21-13-16-3-1-2-4-23(16)34-25(21)33)30-26(31)35-15-24(32)29-19-9-7-18(28)8-10-19/h1-14H,15H2,(H,29,32). The molecule has 6 nitrogen and oxygen atoms in total. The minimum atomic E-state index is -0.505. The normalized spacial score (nSPS) is 11.0. The molecule has 0 saturated heterocycles. The Bertz CT molecular complexity index is 1580. The molecule has 2 aromatic heterocycles. The number of carbonyl (C=O) groups excluding carboxylic acids is 1. The van der Waals surface area contributed by atoms with Crippen LogP contribution < -0.4 is 10.9 Å². The molecule has 0 bridgehead atoms. The lowest BCUT2D eigenvalue weighted by Crippen LogP contribution is -2.14. The lowest BCUT2D eigenvalue weighted by atomic mass is 10.1. The third kappa shape index (κ3) is 5.13. The Kier molecular flexibility index (Phi) is 6.39. The van der Waals surface area contributed by atoms with Crippen LogP contribution in [0.3, 0.4) is 0 Å². The average Bonchev–Trinajstić information content (AvgIpc) is 3.28. The van der Waals surface area contributed by atoms with Gasteiger partial charge >= 0.3 is 5.63 Å². The van der Waals surface area contributed by atoms with E-state index in [9.17, 15) is 14.0 Å². The maximum atomic E-state index is 13.1. The number of aromatic nitrogens is 2. The lowest BCUT2D eigenvalue weighted by molar-refractivity contribution is -0.113. The second-order valence-corrected chi connectivity index (χ2v) is 8.96. The molecular formula is C26H17ClFN3O3S. The fraction of sp³-hybridized carbons (Fsp3) is 0.0385. The monoisotopic (exact) mass is 505 g/mol. The Hall–Kier alpha value is -3.88. The molecule has 9 heteroatoms. The van der Waals surface area contributed by atoms with Crippen LogP contribution in [0.4, 0.5) is 10.1 Å². The van der Waals surface area contributed by atoms with E-state index in [1.807, 2.05) is 24.3 Å². The van der Waals surface area contributed by atoms with E-state index >= 15 is 0 Å². The first-order valence-corrected chi connectivity index (χ1v) is 11.9. The number of nitrogens with one attached hydrogen (secondary N) is 1. The number of thioether (sulfide) groups is 1. The average molecular weight is 506 g/mol. The number of halogens is 2. The van der Waals surface area contributed by atoms with Crippen LogP contribution in [0.25, 0.3) is 27.9 Å². The van der Waals surface area contributed by atoms with Crippen molar-refractivity contribution in [2.45, 2.75) is 5.16 Å². The molecule has 0 aliphatic heterocycles. The molecular weight excluding hydrogens is 489 g/mol. The van der Waals surface area contributed by atoms with Gasteiger partial charge in [0.15, 0.2) is 5.16 Å². The smallest absolute Gasteiger partial charge is 0.345 e. The zero-order valence-corrected chi connectivity index (χ0v) is 19.6. The van der Waals surface area contributed by atoms with E-state index in [-0.39, 0.29) is 17.5 Å². The summed E-state index contributed by atoms with van der Waals surface area (Å²) in [6.07, 6.45) is 1.73. The number of hydrogen-bond acceptors (Lipinski definition) is 5. The number of rotatable bonds is 6. The molecule has 1 N–H and O–H groups in total. The van der Waals surface area contributed by atoms with Gasteiger partial charge in [-0.25, -0.2) is 14.2 Å². The molecule has 0 fully saturated rings. The van der Waals surface area contributed by atoms with Gasteiger partial charge in [0, 0.05) is 28.0 Å². The summed E-state index contributed by atoms with van der Waals surface area (Å²) < 4.78 is 20.4. The predicted octanol–water partition coefficient (Wildman–Crippen LogP) is 6.17. The molecule has 0 aliphatic rings. The maximum absolute atomic E-state index is 13.1. The number of fused-ring (bicyclic) bond motifs is 1. The fourth-order valence-electron chi connectivity index (χ4n) is 3.48. The number of para-hydroxylation sites is 1. The van der Waals surface area contributed by atoms with Crippen molar-refractivity contribution in [1.82, 2.24) is 9.55 Å². The molecule has 35 heavy (non-hydrogen) atoms. The minimum Gasteiger partial charge on any atom is -0.422 e. The van der Waals surface area contributed by atoms with E-state index in [4.69, 9.17) is 16.0 Å². The first-order chi connectivity index (χ1) is 17.0. The largest absolute Gasteiger partial charge is 0.422 e. The van der Waals surface area contributed by atoms with E-state index in [0.717, 1.165) is 11.1 Å². The van der Waals surface area contributed by atoms with Crippen LogP contribution >= 0.6 is 23.4 Å². The van der Waals surface area contributed by atoms with Gasteiger partial charge in [-0.15, -0.1) is 0 Å². The number of hydrogen-bond donors (Lipinski definition) is 1. The lowest BCUT2D eigenvalue weighted by Gasteiger charge is -2.08. The molecule has 1 amide bonds. The number of carbonyl (C=O) groups is 1. The van der Waals surface area contributed by atoms with E-state index in [0.29, 0.717) is 32.7 Å². The SMILES string of the molecule is O=C(CSc1nc(-c2cc3ccccc3oc2=O)cn1-c1ccc(Cl)cc1)Nc1ccc(F)cc1. The second kappa shape index (κ2) is 9.77. The van der Waals surface area contributed by atoms with Crippen LogP contribution in [-0.4, -0.2) is 21.2 Å². The summed E-state index contributed by atoms with van der Waals surface area (Å²) in [6.45, 7) is 0. The number of imidazole rings is 1. The van der Waals surface area contributed by atoms with Gasteiger partial charge in [0.05, 0.1) is 17.0 Å². The van der Waals surface area contributed by atoms with Gasteiger partial charge in [-0.3, -0.25) is 9.36 Å². The third-order valence-electron chi connectivity index (χ3n) is 5.16. The molecule has 174 valence electrons. The Morgan fingerprint density at radius 3 is 2.57 bits per heavy atom. The van der Waals surface area contributed by atoms with Crippen molar-refractivity contribution in [3.05, 3.63) is 106 Å². The van der Waals surface area contributed by atoms with E-state index in [1.165, 1.54) is 36.0 Å². The fourth-order valence-corrected chi connectivity index (χ4v) is 4.40. The topological polar surface area (TPSA) is 77.1 Å². The number of nitrogens with zero attached hydrogens (tertiary/aromatic N) is 2. The van der Waals surface area contributed by atoms with Crippen LogP contribution in [0, 0.1) is 5.82 Å². The van der Waals surface area contributed by atoms with Gasteiger partial charge in [0.2, 0.25) is 5.91 Å². The number of anilines is 1. The Labute approximate surface area is 208 Å². The van der Waals surface area contributed by atoms with Crippen molar-refractivity contribution in [2.24, 2.45) is 0 Å². The zero-order chi connectivity index (χ0) is 24.4. The Morgan fingerprint density at radius 1 is 1.06 bits per heavy atom. The summed E-state index contributed by atoms with van der Waals surface area (Å²) in [6, 6.07) is 21.6. The first kappa shape index (κ1) is 22.9. The third-order valence-corrected chi connectivity index (χ3v) is 6.36. The van der Waals surface area contributed by atoms with Gasteiger partial charge in [0.1, 0.15) is 11.4 Å². The summed E-state index contributed by atoms with van der Waals surface area (Å²) in [5, 5.41) is 4.59. The van der Waals surface area contributed by atoms with Crippen molar-refractivity contribution in [3.63, 3.8) is 0 Å². The van der Waals surface area contributed by atoms with Crippen LogP contribution in [0.5, 0.6) is 0 Å². The highest BCUT2D eigenvalue weighted by atomic mass is 35.5. The highest BCUT2D eigenvalue weighted by molar-refractivity contribution is 7.99. The van der Waals surface area contributed by atoms with E-state index < -0.39 is 5.63 Å². The van der Waals surface area contributed by atoms with Gasteiger partial charge in [-0.1, -0.05) is 41.6 Å². The molecule has 0 saturated carbocycles. The molecule has 0 unspecified atom stereocenters. The molecule has 5 aromatic rings. The summed E-state index contributed by atoms with van der Waals surface area (Å²) >= 11 is 7.25. The van der Waals surface area contributed by atoms with Crippen LogP contribution in [0.1, 0.15) is 0 Å². The molecule has 5 rings (SSSR count). The molecule has 0 spiro atoms. The van der Waals surface area contributed by atoms with Crippen LogP contribution in [-0.2, 0) is 4.79 Å². The first-order valence-electron chi connectivity index (χ1n) is 10.5. The van der Waals surface area contributed by atoms with Gasteiger partial charge in [-0.05, 0) is 60.7 Å². The van der Waals surface area contributed by atoms with Crippen molar-refractivity contribution in [1.29, 1.82) is 0 Å². The van der Waals surface area contributed by atoms with Crippen LogP contribution in [0.2, 0.25) is 5.02 Å². The van der Waals surface area contributed by atoms with Gasteiger partial charge in [-0.2, -0.15) is 0 Å².